The minimum absolute atomic E-state index is 0.0724. The Morgan fingerprint density at radius 3 is 2.72 bits per heavy atom. The zero-order valence-electron chi connectivity index (χ0n) is 13.8. The molecule has 0 unspecified atom stereocenters. The second-order valence-corrected chi connectivity index (χ2v) is 6.14. The smallest absolute Gasteiger partial charge is 0.342 e. The number of primary amides is 1. The molecular weight excluding hydrogens is 350 g/mol. The van der Waals surface area contributed by atoms with E-state index in [-0.39, 0.29) is 40.4 Å². The van der Waals surface area contributed by atoms with E-state index < -0.39 is 18.5 Å². The van der Waals surface area contributed by atoms with E-state index in [9.17, 15) is 14.4 Å². The highest BCUT2D eigenvalue weighted by atomic mass is 35.5. The number of esters is 1. The van der Waals surface area contributed by atoms with Crippen LogP contribution in [-0.2, 0) is 14.3 Å². The van der Waals surface area contributed by atoms with Crippen molar-refractivity contribution in [3.8, 4) is 5.75 Å². The summed E-state index contributed by atoms with van der Waals surface area (Å²) in [4.78, 5) is 37.1. The maximum Gasteiger partial charge on any atom is 0.342 e. The fourth-order valence-corrected chi connectivity index (χ4v) is 2.79. The van der Waals surface area contributed by atoms with Gasteiger partial charge in [0.15, 0.2) is 6.61 Å². The summed E-state index contributed by atoms with van der Waals surface area (Å²) in [6.45, 7) is 0.287. The molecule has 9 heteroatoms. The number of methoxy groups -OCH3 is 1. The van der Waals surface area contributed by atoms with Crippen LogP contribution in [0.25, 0.3) is 0 Å². The number of ether oxygens (including phenoxy) is 2. The molecule has 1 aromatic carbocycles. The topological polar surface area (TPSA) is 125 Å². The van der Waals surface area contributed by atoms with Crippen molar-refractivity contribution in [1.82, 2.24) is 4.90 Å². The molecule has 0 spiro atoms. The number of nitrogens with zero attached hydrogens (tertiary/aromatic N) is 1. The second-order valence-electron chi connectivity index (χ2n) is 5.73. The Morgan fingerprint density at radius 2 is 2.08 bits per heavy atom. The normalized spacial score (nSPS) is 17.0. The first-order valence-electron chi connectivity index (χ1n) is 7.70. The van der Waals surface area contributed by atoms with Crippen LogP contribution in [0.3, 0.4) is 0 Å². The van der Waals surface area contributed by atoms with Crippen LogP contribution >= 0.6 is 11.6 Å². The number of hydrogen-bond donors (Lipinski definition) is 2. The van der Waals surface area contributed by atoms with E-state index in [1.165, 1.54) is 24.1 Å². The van der Waals surface area contributed by atoms with E-state index in [0.717, 1.165) is 0 Å². The van der Waals surface area contributed by atoms with Gasteiger partial charge >= 0.3 is 5.97 Å². The number of rotatable bonds is 5. The summed E-state index contributed by atoms with van der Waals surface area (Å²) in [5, 5.41) is 0.180. The molecule has 1 aromatic rings. The Hall–Kier alpha value is -2.48. The highest BCUT2D eigenvalue weighted by Crippen LogP contribution is 2.29. The summed E-state index contributed by atoms with van der Waals surface area (Å²) in [5.41, 5.74) is 11.3. The van der Waals surface area contributed by atoms with Crippen molar-refractivity contribution in [3.63, 3.8) is 0 Å². The molecule has 2 amide bonds. The van der Waals surface area contributed by atoms with E-state index >= 15 is 0 Å². The van der Waals surface area contributed by atoms with E-state index in [1.807, 2.05) is 0 Å². The minimum atomic E-state index is -0.754. The van der Waals surface area contributed by atoms with Crippen LogP contribution in [0, 0.1) is 5.92 Å². The van der Waals surface area contributed by atoms with Gasteiger partial charge in [0, 0.05) is 19.2 Å². The number of anilines is 1. The fraction of sp³-hybridized carbons (Fsp3) is 0.438. The lowest BCUT2D eigenvalue weighted by molar-refractivity contribution is -0.137. The third-order valence-electron chi connectivity index (χ3n) is 4.04. The van der Waals surface area contributed by atoms with Gasteiger partial charge in [-0.1, -0.05) is 11.6 Å². The maximum atomic E-state index is 12.2. The number of benzene rings is 1. The summed E-state index contributed by atoms with van der Waals surface area (Å²) in [7, 11) is 1.38. The van der Waals surface area contributed by atoms with E-state index in [0.29, 0.717) is 19.4 Å². The summed E-state index contributed by atoms with van der Waals surface area (Å²) >= 11 is 5.91. The molecule has 0 aliphatic carbocycles. The number of piperidine rings is 1. The van der Waals surface area contributed by atoms with Crippen LogP contribution in [0.15, 0.2) is 12.1 Å². The molecule has 2 rings (SSSR count). The molecule has 4 N–H and O–H groups in total. The Bertz CT molecular complexity index is 695. The third kappa shape index (κ3) is 4.54. The Morgan fingerprint density at radius 1 is 1.36 bits per heavy atom. The lowest BCUT2D eigenvalue weighted by Gasteiger charge is -2.31. The average molecular weight is 370 g/mol. The average Bonchev–Trinajstić information content (AvgIpc) is 2.61. The van der Waals surface area contributed by atoms with Crippen molar-refractivity contribution in [3.05, 3.63) is 22.7 Å². The third-order valence-corrected chi connectivity index (χ3v) is 4.37. The van der Waals surface area contributed by atoms with Crippen molar-refractivity contribution in [2.45, 2.75) is 12.8 Å². The molecule has 8 nitrogen and oxygen atoms in total. The van der Waals surface area contributed by atoms with Crippen molar-refractivity contribution >= 4 is 35.1 Å². The summed E-state index contributed by atoms with van der Waals surface area (Å²) in [6, 6.07) is 2.73. The number of carbonyl (C=O) groups excluding carboxylic acids is 3. The molecule has 1 fully saturated rings. The molecule has 0 radical (unpaired) electrons. The largest absolute Gasteiger partial charge is 0.496 e. The molecule has 1 aliphatic heterocycles. The first-order valence-corrected chi connectivity index (χ1v) is 8.08. The Balaban J connectivity index is 1.99. The predicted molar refractivity (Wildman–Crippen MR) is 91.2 cm³/mol. The lowest BCUT2D eigenvalue weighted by Crippen LogP contribution is -2.45. The number of nitrogen functional groups attached to an aromatic ring is 1. The number of carbonyl (C=O) groups is 3. The quantitative estimate of drug-likeness (QED) is 0.584. The molecule has 0 aromatic heterocycles. The van der Waals surface area contributed by atoms with Crippen LogP contribution in [0.1, 0.15) is 23.2 Å². The molecule has 25 heavy (non-hydrogen) atoms. The van der Waals surface area contributed by atoms with Gasteiger partial charge in [0.05, 0.1) is 23.7 Å². The molecular formula is C16H20ClN3O5. The van der Waals surface area contributed by atoms with Gasteiger partial charge in [-0.2, -0.15) is 0 Å². The van der Waals surface area contributed by atoms with Crippen LogP contribution in [0.4, 0.5) is 5.69 Å². The van der Waals surface area contributed by atoms with Crippen molar-refractivity contribution in [2.24, 2.45) is 11.7 Å². The van der Waals surface area contributed by atoms with Gasteiger partial charge in [-0.15, -0.1) is 0 Å². The highest BCUT2D eigenvalue weighted by molar-refractivity contribution is 6.33. The van der Waals surface area contributed by atoms with Crippen LogP contribution in [-0.4, -0.2) is 49.5 Å². The zero-order chi connectivity index (χ0) is 18.6. The lowest BCUT2D eigenvalue weighted by atomic mass is 9.97. The molecule has 1 heterocycles. The van der Waals surface area contributed by atoms with E-state index in [2.05, 4.69) is 0 Å². The fourth-order valence-electron chi connectivity index (χ4n) is 2.63. The minimum Gasteiger partial charge on any atom is -0.496 e. The number of nitrogens with two attached hydrogens (primary N) is 2. The summed E-state index contributed by atoms with van der Waals surface area (Å²) < 4.78 is 10.1. The number of likely N-dealkylation sites (tertiary alicyclic amines) is 1. The van der Waals surface area contributed by atoms with Crippen molar-refractivity contribution in [1.29, 1.82) is 0 Å². The number of amides is 2. The molecule has 1 aliphatic rings. The van der Waals surface area contributed by atoms with Gasteiger partial charge in [0.2, 0.25) is 5.91 Å². The van der Waals surface area contributed by atoms with E-state index in [1.54, 1.807) is 0 Å². The number of hydrogen-bond acceptors (Lipinski definition) is 6. The van der Waals surface area contributed by atoms with Gasteiger partial charge in [0.1, 0.15) is 11.3 Å². The Labute approximate surface area is 150 Å². The standard InChI is InChI=1S/C16H20ClN3O5/c1-24-13-6-12(18)11(17)5-10(13)16(23)25-8-14(21)20-4-2-3-9(7-20)15(19)22/h5-6,9H,2-4,7-8,18H2,1H3,(H2,19,22)/t9-/m0/s1. The number of halogens is 1. The first kappa shape index (κ1) is 18.9. The summed E-state index contributed by atoms with van der Waals surface area (Å²) in [5.74, 6) is -1.75. The first-order chi connectivity index (χ1) is 11.8. The van der Waals surface area contributed by atoms with E-state index in [4.69, 9.17) is 32.5 Å². The van der Waals surface area contributed by atoms with Crippen LogP contribution < -0.4 is 16.2 Å². The molecule has 1 saturated heterocycles. The van der Waals surface area contributed by atoms with Gasteiger partial charge < -0.3 is 25.8 Å². The maximum absolute atomic E-state index is 12.2. The predicted octanol–water partition coefficient (Wildman–Crippen LogP) is 0.812. The molecule has 0 saturated carbocycles. The van der Waals surface area contributed by atoms with Gasteiger partial charge in [-0.25, -0.2) is 4.79 Å². The van der Waals surface area contributed by atoms with Gasteiger partial charge in [0.25, 0.3) is 5.91 Å². The van der Waals surface area contributed by atoms with Crippen molar-refractivity contribution < 1.29 is 23.9 Å². The molecule has 0 bridgehead atoms. The molecule has 1 atom stereocenters. The monoisotopic (exact) mass is 369 g/mol. The highest BCUT2D eigenvalue weighted by Gasteiger charge is 2.27. The van der Waals surface area contributed by atoms with Crippen LogP contribution in [0.2, 0.25) is 5.02 Å². The van der Waals surface area contributed by atoms with Gasteiger partial charge in [-0.3, -0.25) is 9.59 Å². The molecule has 136 valence electrons. The van der Waals surface area contributed by atoms with Crippen molar-refractivity contribution in [2.75, 3.05) is 32.5 Å². The second kappa shape index (κ2) is 8.06. The van der Waals surface area contributed by atoms with Gasteiger partial charge in [-0.05, 0) is 18.9 Å². The SMILES string of the molecule is COc1cc(N)c(Cl)cc1C(=O)OCC(=O)N1CCC[C@H](C(N)=O)C1. The summed E-state index contributed by atoms with van der Waals surface area (Å²) in [6.07, 6.45) is 1.33. The Kier molecular flexibility index (Phi) is 6.08. The zero-order valence-corrected chi connectivity index (χ0v) is 14.5. The van der Waals surface area contributed by atoms with Crippen LogP contribution in [0.5, 0.6) is 5.75 Å².